The minimum absolute atomic E-state index is 0.146. The maximum Gasteiger partial charge on any atom is 0.226 e. The zero-order chi connectivity index (χ0) is 24.4. The summed E-state index contributed by atoms with van der Waals surface area (Å²) in [6.07, 6.45) is 4.00. The van der Waals surface area contributed by atoms with Crippen LogP contribution in [0.1, 0.15) is 56.2 Å². The van der Waals surface area contributed by atoms with Crippen LogP contribution >= 0.6 is 0 Å². The molecule has 8 heteroatoms. The Balaban J connectivity index is 1.84. The number of nitrogens with zero attached hydrogens (tertiary/aromatic N) is 5. The van der Waals surface area contributed by atoms with Crippen LogP contribution in [0.3, 0.4) is 0 Å². The molecule has 3 aromatic rings. The van der Waals surface area contributed by atoms with Gasteiger partial charge in [0, 0.05) is 5.41 Å². The van der Waals surface area contributed by atoms with Crippen molar-refractivity contribution >= 4 is 12.0 Å². The second-order valence-electron chi connectivity index (χ2n) is 8.96. The van der Waals surface area contributed by atoms with Crippen molar-refractivity contribution in [3.05, 3.63) is 83.7 Å². The molecule has 0 spiro atoms. The van der Waals surface area contributed by atoms with Gasteiger partial charge in [0.1, 0.15) is 6.04 Å². The lowest BCUT2D eigenvalue weighted by atomic mass is 9.95. The molecule has 0 fully saturated rings. The summed E-state index contributed by atoms with van der Waals surface area (Å²) in [6, 6.07) is 20.8. The molecule has 1 aromatic heterocycles. The molecule has 8 nitrogen and oxygen atoms in total. The Bertz CT molecular complexity index is 1110. The molecule has 3 rings (SSSR count). The van der Waals surface area contributed by atoms with E-state index in [0.717, 1.165) is 11.1 Å². The minimum atomic E-state index is -0.602. The largest absolute Gasteiger partial charge is 0.374 e. The van der Waals surface area contributed by atoms with Crippen LogP contribution in [0.25, 0.3) is 6.08 Å². The topological polar surface area (TPSA) is 106 Å². The first-order chi connectivity index (χ1) is 16.4. The van der Waals surface area contributed by atoms with Crippen LogP contribution in [0.2, 0.25) is 0 Å². The van der Waals surface area contributed by atoms with E-state index in [1.54, 1.807) is 4.68 Å². The number of aromatic nitrogens is 4. The Kier molecular flexibility index (Phi) is 8.66. The minimum Gasteiger partial charge on any atom is -0.374 e. The zero-order valence-corrected chi connectivity index (χ0v) is 19.8. The number of rotatable bonds is 10. The summed E-state index contributed by atoms with van der Waals surface area (Å²) >= 11 is 0. The van der Waals surface area contributed by atoms with Gasteiger partial charge in [-0.15, -0.1) is 5.10 Å². The van der Waals surface area contributed by atoms with Gasteiger partial charge < -0.3 is 10.1 Å². The van der Waals surface area contributed by atoms with Crippen LogP contribution in [0.5, 0.6) is 0 Å². The van der Waals surface area contributed by atoms with Gasteiger partial charge in [-0.05, 0) is 21.6 Å². The normalized spacial score (nSPS) is 13.4. The quantitative estimate of drug-likeness (QED) is 0.487. The average Bonchev–Trinajstić information content (AvgIpc) is 3.31. The molecule has 0 bridgehead atoms. The van der Waals surface area contributed by atoms with Gasteiger partial charge in [0.25, 0.3) is 0 Å². The number of hydrogen-bond acceptors (Lipinski definition) is 6. The van der Waals surface area contributed by atoms with Crippen molar-refractivity contribution in [1.82, 2.24) is 25.5 Å². The van der Waals surface area contributed by atoms with E-state index in [1.165, 1.54) is 0 Å². The number of carbonyl (C=O) groups is 1. The second-order valence-corrected chi connectivity index (χ2v) is 8.96. The van der Waals surface area contributed by atoms with Gasteiger partial charge in [0.05, 0.1) is 31.7 Å². The highest BCUT2D eigenvalue weighted by Crippen LogP contribution is 2.22. The lowest BCUT2D eigenvalue weighted by Crippen LogP contribution is -2.40. The van der Waals surface area contributed by atoms with Gasteiger partial charge in [-0.3, -0.25) is 4.79 Å². The third kappa shape index (κ3) is 7.09. The monoisotopic (exact) mass is 458 g/mol. The van der Waals surface area contributed by atoms with Crippen LogP contribution < -0.4 is 5.32 Å². The molecule has 2 aromatic carbocycles. The third-order valence-corrected chi connectivity index (χ3v) is 5.14. The number of carbonyl (C=O) groups excluding carboxylic acids is 1. The summed E-state index contributed by atoms with van der Waals surface area (Å²) in [7, 11) is 0. The summed E-state index contributed by atoms with van der Waals surface area (Å²) in [4.78, 5) is 12.8. The van der Waals surface area contributed by atoms with Crippen molar-refractivity contribution in [2.45, 2.75) is 45.9 Å². The fourth-order valence-electron chi connectivity index (χ4n) is 3.21. The van der Waals surface area contributed by atoms with Gasteiger partial charge >= 0.3 is 0 Å². The predicted octanol–water partition coefficient (Wildman–Crippen LogP) is 4.26. The average molecular weight is 459 g/mol. The summed E-state index contributed by atoms with van der Waals surface area (Å²) in [6.45, 7) is 6.09. The zero-order valence-electron chi connectivity index (χ0n) is 19.8. The van der Waals surface area contributed by atoms with Gasteiger partial charge in [-0.2, -0.15) is 5.26 Å². The summed E-state index contributed by atoms with van der Waals surface area (Å²) in [5, 5.41) is 24.6. The Morgan fingerprint density at radius 2 is 1.82 bits per heavy atom. The van der Waals surface area contributed by atoms with Gasteiger partial charge in [-0.25, -0.2) is 4.68 Å². The Morgan fingerprint density at radius 1 is 1.15 bits per heavy atom. The fraction of sp³-hybridized carbons (Fsp3) is 0.346. The first-order valence-electron chi connectivity index (χ1n) is 11.2. The lowest BCUT2D eigenvalue weighted by molar-refractivity contribution is -0.130. The highest BCUT2D eigenvalue weighted by molar-refractivity contribution is 5.81. The lowest BCUT2D eigenvalue weighted by Gasteiger charge is -2.24. The smallest absolute Gasteiger partial charge is 0.226 e. The van der Waals surface area contributed by atoms with Crippen LogP contribution in [-0.4, -0.2) is 32.7 Å². The number of ether oxygens (including phenoxy) is 1. The maximum atomic E-state index is 12.8. The van der Waals surface area contributed by atoms with E-state index in [9.17, 15) is 10.1 Å². The third-order valence-electron chi connectivity index (χ3n) is 5.14. The molecule has 34 heavy (non-hydrogen) atoms. The number of tetrazole rings is 1. The van der Waals surface area contributed by atoms with E-state index in [2.05, 4.69) is 26.9 Å². The van der Waals surface area contributed by atoms with E-state index >= 15 is 0 Å². The standard InChI is InChI=1S/C26H30N6O2/c1-26(2,3)25(33)28-23(19-34-18-21-12-8-5-9-13-21)24-29-30-31-32(24)22(16-17-27)15-14-20-10-6-4-7-11-20/h4-15,22-23H,16,18-19H2,1-3H3,(H,28,33)/b15-14+. The number of benzene rings is 2. The SMILES string of the molecule is CC(C)(C)C(=O)NC(COCc1ccccc1)c1nnnn1C(/C=C/c1ccccc1)CC#N. The molecule has 0 saturated heterocycles. The molecule has 0 aliphatic rings. The molecule has 0 aliphatic heterocycles. The predicted molar refractivity (Wildman–Crippen MR) is 129 cm³/mol. The molecule has 1 N–H and O–H groups in total. The molecule has 1 heterocycles. The highest BCUT2D eigenvalue weighted by atomic mass is 16.5. The van der Waals surface area contributed by atoms with Crippen molar-refractivity contribution in [1.29, 1.82) is 5.26 Å². The first-order valence-corrected chi connectivity index (χ1v) is 11.2. The van der Waals surface area contributed by atoms with Crippen molar-refractivity contribution in [3.63, 3.8) is 0 Å². The van der Waals surface area contributed by atoms with Crippen LogP contribution in [0, 0.1) is 16.7 Å². The number of amides is 1. The van der Waals surface area contributed by atoms with E-state index in [-0.39, 0.29) is 18.9 Å². The number of allylic oxidation sites excluding steroid dienone is 1. The van der Waals surface area contributed by atoms with E-state index in [1.807, 2.05) is 93.6 Å². The Morgan fingerprint density at radius 3 is 2.47 bits per heavy atom. The van der Waals surface area contributed by atoms with E-state index < -0.39 is 17.5 Å². The van der Waals surface area contributed by atoms with Crippen molar-refractivity contribution < 1.29 is 9.53 Å². The molecule has 2 atom stereocenters. The van der Waals surface area contributed by atoms with Gasteiger partial charge in [-0.1, -0.05) is 93.6 Å². The van der Waals surface area contributed by atoms with Crippen molar-refractivity contribution in [2.24, 2.45) is 5.41 Å². The van der Waals surface area contributed by atoms with E-state index in [0.29, 0.717) is 12.4 Å². The number of nitrogens with one attached hydrogen (secondary N) is 1. The van der Waals surface area contributed by atoms with Crippen molar-refractivity contribution in [3.8, 4) is 6.07 Å². The fourth-order valence-corrected chi connectivity index (χ4v) is 3.21. The highest BCUT2D eigenvalue weighted by Gasteiger charge is 2.29. The summed E-state index contributed by atoms with van der Waals surface area (Å²) < 4.78 is 7.52. The summed E-state index contributed by atoms with van der Waals surface area (Å²) in [5.41, 5.74) is 1.43. The summed E-state index contributed by atoms with van der Waals surface area (Å²) in [5.74, 6) is 0.288. The van der Waals surface area contributed by atoms with Gasteiger partial charge in [0.2, 0.25) is 5.91 Å². The Labute approximate surface area is 200 Å². The number of hydrogen-bond donors (Lipinski definition) is 1. The molecular weight excluding hydrogens is 428 g/mol. The number of nitriles is 1. The first kappa shape index (κ1) is 24.8. The maximum absolute atomic E-state index is 12.8. The Hall–Kier alpha value is -3.83. The molecule has 1 amide bonds. The van der Waals surface area contributed by atoms with Gasteiger partial charge in [0.15, 0.2) is 5.82 Å². The molecule has 0 aliphatic carbocycles. The molecule has 2 unspecified atom stereocenters. The molecule has 0 radical (unpaired) electrons. The van der Waals surface area contributed by atoms with Crippen molar-refractivity contribution in [2.75, 3.05) is 6.61 Å². The second kappa shape index (κ2) is 11.9. The van der Waals surface area contributed by atoms with Crippen LogP contribution in [0.15, 0.2) is 66.7 Å². The molecule has 176 valence electrons. The van der Waals surface area contributed by atoms with Crippen LogP contribution in [0.4, 0.5) is 0 Å². The molecule has 0 saturated carbocycles. The van der Waals surface area contributed by atoms with Crippen LogP contribution in [-0.2, 0) is 16.1 Å². The van der Waals surface area contributed by atoms with E-state index in [4.69, 9.17) is 4.74 Å². The molecular formula is C26H30N6O2.